The van der Waals surface area contributed by atoms with Crippen molar-refractivity contribution < 1.29 is 29.3 Å². The van der Waals surface area contributed by atoms with Gasteiger partial charge in [0, 0.05) is 31.0 Å². The van der Waals surface area contributed by atoms with Gasteiger partial charge in [-0.1, -0.05) is 24.3 Å². The minimum atomic E-state index is -0.969. The first-order valence-electron chi connectivity index (χ1n) is 11.7. The molecule has 3 aromatic carbocycles. The van der Waals surface area contributed by atoms with E-state index < -0.39 is 23.7 Å². The highest BCUT2D eigenvalue weighted by molar-refractivity contribution is 6.51. The van der Waals surface area contributed by atoms with Gasteiger partial charge < -0.3 is 19.8 Å². The highest BCUT2D eigenvalue weighted by Gasteiger charge is 2.47. The number of hydrogen-bond acceptors (Lipinski definition) is 6. The van der Waals surface area contributed by atoms with Gasteiger partial charge in [-0.05, 0) is 66.1 Å². The fourth-order valence-electron chi connectivity index (χ4n) is 4.50. The number of ether oxygens (including phenoxy) is 1. The summed E-state index contributed by atoms with van der Waals surface area (Å²) in [5.74, 6) is -2.20. The van der Waals surface area contributed by atoms with Gasteiger partial charge in [-0.15, -0.1) is 0 Å². The molecule has 0 radical (unpaired) electrons. The number of Topliss-reactive ketones (excluding diaryl/α,β-unsaturated/α-hetero) is 1. The first-order valence-corrected chi connectivity index (χ1v) is 11.7. The second kappa shape index (κ2) is 10.2. The number of rotatable bonds is 7. The van der Waals surface area contributed by atoms with Crippen molar-refractivity contribution >= 4 is 34.8 Å². The number of carbonyl (C=O) groups is 3. The average molecular weight is 501 g/mol. The van der Waals surface area contributed by atoms with Gasteiger partial charge in [-0.25, -0.2) is 0 Å². The number of benzene rings is 3. The maximum Gasteiger partial charge on any atom is 0.307 e. The van der Waals surface area contributed by atoms with Crippen molar-refractivity contribution in [2.24, 2.45) is 0 Å². The number of anilines is 2. The third-order valence-electron chi connectivity index (χ3n) is 6.41. The third kappa shape index (κ3) is 4.91. The van der Waals surface area contributed by atoms with Crippen LogP contribution in [0.4, 0.5) is 11.4 Å². The van der Waals surface area contributed by atoms with Crippen molar-refractivity contribution in [2.75, 3.05) is 31.0 Å². The molecule has 4 rings (SSSR count). The molecule has 0 bridgehead atoms. The monoisotopic (exact) mass is 500 g/mol. The van der Waals surface area contributed by atoms with Crippen molar-refractivity contribution in [1.82, 2.24) is 0 Å². The molecule has 190 valence electrons. The van der Waals surface area contributed by atoms with Crippen LogP contribution in [0.3, 0.4) is 0 Å². The quantitative estimate of drug-likeness (QED) is 0.283. The number of carboxylic acids is 1. The van der Waals surface area contributed by atoms with E-state index in [1.54, 1.807) is 49.6 Å². The molecule has 1 heterocycles. The van der Waals surface area contributed by atoms with E-state index >= 15 is 0 Å². The minimum Gasteiger partial charge on any atom is -0.507 e. The van der Waals surface area contributed by atoms with Crippen molar-refractivity contribution in [3.8, 4) is 5.75 Å². The van der Waals surface area contributed by atoms with Gasteiger partial charge in [0.15, 0.2) is 0 Å². The third-order valence-corrected chi connectivity index (χ3v) is 6.41. The summed E-state index contributed by atoms with van der Waals surface area (Å²) in [6, 6.07) is 18.0. The molecule has 8 nitrogen and oxygen atoms in total. The van der Waals surface area contributed by atoms with Gasteiger partial charge >= 0.3 is 5.97 Å². The number of amides is 1. The second-order valence-corrected chi connectivity index (χ2v) is 9.08. The summed E-state index contributed by atoms with van der Waals surface area (Å²) in [6.45, 7) is 1.82. The Balaban J connectivity index is 1.88. The molecule has 0 aliphatic carbocycles. The van der Waals surface area contributed by atoms with E-state index in [4.69, 9.17) is 9.84 Å². The number of nitrogens with zero attached hydrogens (tertiary/aromatic N) is 2. The molecule has 1 aliphatic heterocycles. The van der Waals surface area contributed by atoms with Gasteiger partial charge in [0.25, 0.3) is 11.7 Å². The standard InChI is InChI=1S/C29H28N2O6/c1-17-15-20(9-14-23(17)37-4)27(34)25-26(19-7-12-21(13-8-19)30(2)3)31(29(36)28(25)35)22-10-5-18(6-11-22)16-24(32)33/h5-15,26,34H,16H2,1-4H3,(H,32,33)/b27-25-. The maximum absolute atomic E-state index is 13.4. The van der Waals surface area contributed by atoms with Crippen LogP contribution in [0, 0.1) is 6.92 Å². The van der Waals surface area contributed by atoms with E-state index in [9.17, 15) is 19.5 Å². The Morgan fingerprint density at radius 3 is 2.16 bits per heavy atom. The summed E-state index contributed by atoms with van der Waals surface area (Å²) in [4.78, 5) is 41.1. The van der Waals surface area contributed by atoms with E-state index in [0.29, 0.717) is 28.1 Å². The van der Waals surface area contributed by atoms with Crippen molar-refractivity contribution in [3.63, 3.8) is 0 Å². The Bertz CT molecular complexity index is 1390. The maximum atomic E-state index is 13.4. The molecular weight excluding hydrogens is 472 g/mol. The summed E-state index contributed by atoms with van der Waals surface area (Å²) in [5.41, 5.74) is 3.69. The molecule has 0 aromatic heterocycles. The summed E-state index contributed by atoms with van der Waals surface area (Å²) in [6.07, 6.45) is -0.161. The number of ketones is 1. The van der Waals surface area contributed by atoms with Crippen LogP contribution in [0.2, 0.25) is 0 Å². The largest absolute Gasteiger partial charge is 0.507 e. The molecule has 1 atom stereocenters. The van der Waals surface area contributed by atoms with Crippen LogP contribution in [0.15, 0.2) is 72.3 Å². The molecule has 37 heavy (non-hydrogen) atoms. The lowest BCUT2D eigenvalue weighted by Crippen LogP contribution is -2.29. The number of aliphatic hydroxyl groups excluding tert-OH is 1. The number of carbonyl (C=O) groups excluding carboxylic acids is 2. The lowest BCUT2D eigenvalue weighted by atomic mass is 9.94. The first kappa shape index (κ1) is 25.5. The Labute approximate surface area is 215 Å². The summed E-state index contributed by atoms with van der Waals surface area (Å²) in [7, 11) is 5.37. The summed E-state index contributed by atoms with van der Waals surface area (Å²) >= 11 is 0. The average Bonchev–Trinajstić information content (AvgIpc) is 3.14. The predicted octanol–water partition coefficient (Wildman–Crippen LogP) is 4.32. The molecule has 1 amide bonds. The van der Waals surface area contributed by atoms with Crippen LogP contribution in [0.5, 0.6) is 5.75 Å². The number of methoxy groups -OCH3 is 1. The minimum absolute atomic E-state index is 0.0261. The van der Waals surface area contributed by atoms with Crippen molar-refractivity contribution in [3.05, 3.63) is 94.6 Å². The van der Waals surface area contributed by atoms with Gasteiger partial charge in [0.05, 0.1) is 25.1 Å². The van der Waals surface area contributed by atoms with Gasteiger partial charge in [-0.2, -0.15) is 0 Å². The van der Waals surface area contributed by atoms with Crippen LogP contribution >= 0.6 is 0 Å². The molecular formula is C29H28N2O6. The highest BCUT2D eigenvalue weighted by atomic mass is 16.5. The number of aliphatic hydroxyl groups is 1. The predicted molar refractivity (Wildman–Crippen MR) is 141 cm³/mol. The summed E-state index contributed by atoms with van der Waals surface area (Å²) < 4.78 is 5.31. The highest BCUT2D eigenvalue weighted by Crippen LogP contribution is 2.42. The SMILES string of the molecule is COc1ccc(/C(O)=C2/C(=O)C(=O)N(c3ccc(CC(=O)O)cc3)C2c2ccc(N(C)C)cc2)cc1C. The van der Waals surface area contributed by atoms with Crippen LogP contribution in [0.25, 0.3) is 5.76 Å². The van der Waals surface area contributed by atoms with Crippen LogP contribution in [0.1, 0.15) is 28.3 Å². The molecule has 0 saturated carbocycles. The zero-order chi connectivity index (χ0) is 26.9. The Hall–Kier alpha value is -4.59. The molecule has 2 N–H and O–H groups in total. The van der Waals surface area contributed by atoms with E-state index in [1.807, 2.05) is 50.2 Å². The Morgan fingerprint density at radius 1 is 0.973 bits per heavy atom. The van der Waals surface area contributed by atoms with Crippen LogP contribution in [-0.4, -0.2) is 49.1 Å². The number of aryl methyl sites for hydroxylation is 1. The molecule has 1 saturated heterocycles. The fourth-order valence-corrected chi connectivity index (χ4v) is 4.50. The van der Waals surface area contributed by atoms with Gasteiger partial charge in [0.2, 0.25) is 0 Å². The molecule has 1 unspecified atom stereocenters. The Morgan fingerprint density at radius 2 is 1.62 bits per heavy atom. The van der Waals surface area contributed by atoms with Crippen LogP contribution < -0.4 is 14.5 Å². The molecule has 1 aliphatic rings. The number of hydrogen-bond donors (Lipinski definition) is 2. The lowest BCUT2D eigenvalue weighted by molar-refractivity contribution is -0.136. The molecule has 3 aromatic rings. The smallest absolute Gasteiger partial charge is 0.307 e. The lowest BCUT2D eigenvalue weighted by Gasteiger charge is -2.26. The molecule has 1 fully saturated rings. The van der Waals surface area contributed by atoms with E-state index in [0.717, 1.165) is 11.3 Å². The van der Waals surface area contributed by atoms with E-state index in [2.05, 4.69) is 0 Å². The fraction of sp³-hybridized carbons (Fsp3) is 0.207. The van der Waals surface area contributed by atoms with E-state index in [-0.39, 0.29) is 17.8 Å². The molecule has 8 heteroatoms. The topological polar surface area (TPSA) is 107 Å². The first-order chi connectivity index (χ1) is 17.6. The van der Waals surface area contributed by atoms with Crippen LogP contribution in [-0.2, 0) is 20.8 Å². The van der Waals surface area contributed by atoms with Gasteiger partial charge in [0.1, 0.15) is 11.5 Å². The van der Waals surface area contributed by atoms with Crippen molar-refractivity contribution in [1.29, 1.82) is 0 Å². The Kier molecular flexibility index (Phi) is 7.02. The molecule has 0 spiro atoms. The van der Waals surface area contributed by atoms with Crippen molar-refractivity contribution in [2.45, 2.75) is 19.4 Å². The number of carboxylic acid groups (broad SMARTS) is 1. The zero-order valence-electron chi connectivity index (χ0n) is 21.1. The second-order valence-electron chi connectivity index (χ2n) is 9.08. The number of aliphatic carboxylic acids is 1. The van der Waals surface area contributed by atoms with E-state index in [1.165, 1.54) is 4.90 Å². The zero-order valence-corrected chi connectivity index (χ0v) is 21.1. The van der Waals surface area contributed by atoms with Gasteiger partial charge in [-0.3, -0.25) is 19.3 Å². The normalized spacial score (nSPS) is 16.6. The summed E-state index contributed by atoms with van der Waals surface area (Å²) in [5, 5.41) is 20.4.